The van der Waals surface area contributed by atoms with Crippen LogP contribution in [0.4, 0.5) is 17.1 Å². The standard InChI is InChI=1S/C14H15N5O2/c1-8(20)19-5-4-9-6-10(2-3-12(9)19)17-14(21)13-11(15)7-16-18-13/h2-3,6-7H,4-5,15H2,1H3,(H,16,18)(H,17,21). The van der Waals surface area contributed by atoms with E-state index in [2.05, 4.69) is 15.5 Å². The van der Waals surface area contributed by atoms with E-state index in [-0.39, 0.29) is 17.5 Å². The summed E-state index contributed by atoms with van der Waals surface area (Å²) in [6.45, 7) is 2.22. The van der Waals surface area contributed by atoms with E-state index in [1.165, 1.54) is 6.20 Å². The first-order valence-electron chi connectivity index (χ1n) is 6.57. The van der Waals surface area contributed by atoms with Crippen molar-refractivity contribution in [2.75, 3.05) is 22.5 Å². The first-order chi connectivity index (χ1) is 10.1. The van der Waals surface area contributed by atoms with Crippen molar-refractivity contribution in [2.24, 2.45) is 0 Å². The summed E-state index contributed by atoms with van der Waals surface area (Å²) in [6, 6.07) is 5.49. The van der Waals surface area contributed by atoms with E-state index in [1.807, 2.05) is 12.1 Å². The lowest BCUT2D eigenvalue weighted by atomic mass is 10.1. The van der Waals surface area contributed by atoms with Crippen LogP contribution in [0.2, 0.25) is 0 Å². The number of aromatic amines is 1. The third kappa shape index (κ3) is 2.33. The molecule has 7 nitrogen and oxygen atoms in total. The van der Waals surface area contributed by atoms with Gasteiger partial charge in [-0.05, 0) is 30.2 Å². The Morgan fingerprint density at radius 2 is 2.24 bits per heavy atom. The highest BCUT2D eigenvalue weighted by Gasteiger charge is 2.22. The van der Waals surface area contributed by atoms with E-state index in [0.29, 0.717) is 17.9 Å². The fourth-order valence-corrected chi connectivity index (χ4v) is 2.48. The molecule has 0 radical (unpaired) electrons. The molecule has 0 aliphatic carbocycles. The molecule has 0 spiro atoms. The van der Waals surface area contributed by atoms with Crippen LogP contribution in [0.1, 0.15) is 23.0 Å². The van der Waals surface area contributed by atoms with Crippen LogP contribution in [-0.4, -0.2) is 28.6 Å². The smallest absolute Gasteiger partial charge is 0.275 e. The summed E-state index contributed by atoms with van der Waals surface area (Å²) in [6.07, 6.45) is 2.17. The van der Waals surface area contributed by atoms with Gasteiger partial charge in [-0.2, -0.15) is 5.10 Å². The summed E-state index contributed by atoms with van der Waals surface area (Å²) < 4.78 is 0. The number of nitrogens with two attached hydrogens (primary N) is 1. The molecule has 0 atom stereocenters. The fourth-order valence-electron chi connectivity index (χ4n) is 2.48. The van der Waals surface area contributed by atoms with Crippen molar-refractivity contribution < 1.29 is 9.59 Å². The molecule has 0 saturated carbocycles. The van der Waals surface area contributed by atoms with Crippen LogP contribution in [0.3, 0.4) is 0 Å². The highest BCUT2D eigenvalue weighted by molar-refractivity contribution is 6.06. The monoisotopic (exact) mass is 285 g/mol. The van der Waals surface area contributed by atoms with Crippen LogP contribution >= 0.6 is 0 Å². The predicted octanol–water partition coefficient (Wildman–Crippen LogP) is 1.15. The topological polar surface area (TPSA) is 104 Å². The minimum Gasteiger partial charge on any atom is -0.396 e. The summed E-state index contributed by atoms with van der Waals surface area (Å²) >= 11 is 0. The maximum Gasteiger partial charge on any atom is 0.275 e. The number of carbonyl (C=O) groups excluding carboxylic acids is 2. The lowest BCUT2D eigenvalue weighted by Gasteiger charge is -2.15. The minimum atomic E-state index is -0.341. The van der Waals surface area contributed by atoms with Gasteiger partial charge in [-0.15, -0.1) is 0 Å². The number of nitrogen functional groups attached to an aromatic ring is 1. The largest absolute Gasteiger partial charge is 0.396 e. The molecule has 21 heavy (non-hydrogen) atoms. The normalized spacial score (nSPS) is 13.1. The molecule has 2 heterocycles. The quantitative estimate of drug-likeness (QED) is 0.770. The van der Waals surface area contributed by atoms with E-state index in [0.717, 1.165) is 17.7 Å². The van der Waals surface area contributed by atoms with Gasteiger partial charge >= 0.3 is 0 Å². The van der Waals surface area contributed by atoms with Crippen molar-refractivity contribution in [3.8, 4) is 0 Å². The Morgan fingerprint density at radius 1 is 1.43 bits per heavy atom. The second kappa shape index (κ2) is 4.93. The first-order valence-corrected chi connectivity index (χ1v) is 6.57. The van der Waals surface area contributed by atoms with Crippen molar-refractivity contribution in [1.82, 2.24) is 10.2 Å². The third-order valence-electron chi connectivity index (χ3n) is 3.51. The second-order valence-corrected chi connectivity index (χ2v) is 4.92. The number of nitrogens with one attached hydrogen (secondary N) is 2. The van der Waals surface area contributed by atoms with Crippen LogP contribution in [0.15, 0.2) is 24.4 Å². The molecule has 1 aromatic heterocycles. The Hall–Kier alpha value is -2.83. The number of aromatic nitrogens is 2. The van der Waals surface area contributed by atoms with Gasteiger partial charge in [0.2, 0.25) is 5.91 Å². The van der Waals surface area contributed by atoms with Gasteiger partial charge in [-0.1, -0.05) is 0 Å². The van der Waals surface area contributed by atoms with Gasteiger partial charge < -0.3 is 16.0 Å². The number of hydrogen-bond donors (Lipinski definition) is 3. The average molecular weight is 285 g/mol. The lowest BCUT2D eigenvalue weighted by molar-refractivity contribution is -0.116. The van der Waals surface area contributed by atoms with Gasteiger partial charge in [0, 0.05) is 24.8 Å². The maximum atomic E-state index is 12.0. The summed E-state index contributed by atoms with van der Waals surface area (Å²) in [7, 11) is 0. The second-order valence-electron chi connectivity index (χ2n) is 4.92. The Morgan fingerprint density at radius 3 is 2.90 bits per heavy atom. The van der Waals surface area contributed by atoms with Crippen molar-refractivity contribution >= 4 is 28.9 Å². The molecule has 2 aromatic rings. The third-order valence-corrected chi connectivity index (χ3v) is 3.51. The molecule has 108 valence electrons. The summed E-state index contributed by atoms with van der Waals surface area (Å²) in [5.41, 5.74) is 8.79. The number of anilines is 3. The zero-order chi connectivity index (χ0) is 15.0. The van der Waals surface area contributed by atoms with Crippen LogP contribution in [0, 0.1) is 0 Å². The van der Waals surface area contributed by atoms with E-state index in [9.17, 15) is 9.59 Å². The molecule has 0 fully saturated rings. The van der Waals surface area contributed by atoms with Crippen LogP contribution < -0.4 is 16.0 Å². The molecule has 1 aromatic carbocycles. The van der Waals surface area contributed by atoms with Gasteiger partial charge in [-0.3, -0.25) is 14.7 Å². The van der Waals surface area contributed by atoms with Crippen LogP contribution in [0.5, 0.6) is 0 Å². The highest BCUT2D eigenvalue weighted by atomic mass is 16.2. The van der Waals surface area contributed by atoms with E-state index < -0.39 is 0 Å². The molecule has 0 unspecified atom stereocenters. The van der Waals surface area contributed by atoms with Crippen LogP contribution in [-0.2, 0) is 11.2 Å². The zero-order valence-electron chi connectivity index (χ0n) is 11.5. The van der Waals surface area contributed by atoms with Crippen molar-refractivity contribution in [3.63, 3.8) is 0 Å². The number of carbonyl (C=O) groups is 2. The number of H-pyrrole nitrogens is 1. The Kier molecular flexibility index (Phi) is 3.09. The number of rotatable bonds is 2. The molecular weight excluding hydrogens is 270 g/mol. The summed E-state index contributed by atoms with van der Waals surface area (Å²) in [5.74, 6) is -0.317. The Labute approximate surface area is 121 Å². The number of amides is 2. The average Bonchev–Trinajstić information content (AvgIpc) is 3.04. The highest BCUT2D eigenvalue weighted by Crippen LogP contribution is 2.30. The minimum absolute atomic E-state index is 0.0239. The van der Waals surface area contributed by atoms with E-state index in [1.54, 1.807) is 17.9 Å². The van der Waals surface area contributed by atoms with Gasteiger partial charge in [0.25, 0.3) is 5.91 Å². The molecule has 7 heteroatoms. The molecule has 3 rings (SSSR count). The van der Waals surface area contributed by atoms with Gasteiger partial charge in [0.05, 0.1) is 11.9 Å². The number of nitrogens with zero attached hydrogens (tertiary/aromatic N) is 2. The van der Waals surface area contributed by atoms with Gasteiger partial charge in [0.15, 0.2) is 0 Å². The van der Waals surface area contributed by atoms with Gasteiger partial charge in [0.1, 0.15) is 5.69 Å². The molecule has 4 N–H and O–H groups in total. The predicted molar refractivity (Wildman–Crippen MR) is 79.1 cm³/mol. The molecular formula is C14H15N5O2. The zero-order valence-corrected chi connectivity index (χ0v) is 11.5. The Balaban J connectivity index is 1.81. The lowest BCUT2D eigenvalue weighted by Crippen LogP contribution is -2.25. The maximum absolute atomic E-state index is 12.0. The summed E-state index contributed by atoms with van der Waals surface area (Å²) in [4.78, 5) is 25.3. The molecule has 1 aliphatic heterocycles. The van der Waals surface area contributed by atoms with Crippen molar-refractivity contribution in [1.29, 1.82) is 0 Å². The number of fused-ring (bicyclic) bond motifs is 1. The molecule has 2 amide bonds. The van der Waals surface area contributed by atoms with Crippen molar-refractivity contribution in [3.05, 3.63) is 35.7 Å². The molecule has 1 aliphatic rings. The van der Waals surface area contributed by atoms with Gasteiger partial charge in [-0.25, -0.2) is 0 Å². The fraction of sp³-hybridized carbons (Fsp3) is 0.214. The first kappa shape index (κ1) is 13.2. The van der Waals surface area contributed by atoms with Crippen LogP contribution in [0.25, 0.3) is 0 Å². The van der Waals surface area contributed by atoms with Crippen molar-refractivity contribution in [2.45, 2.75) is 13.3 Å². The SMILES string of the molecule is CC(=O)N1CCc2cc(NC(=O)c3[nH]ncc3N)ccc21. The number of benzene rings is 1. The molecule has 0 saturated heterocycles. The number of hydrogen-bond acceptors (Lipinski definition) is 4. The van der Waals surface area contributed by atoms with E-state index in [4.69, 9.17) is 5.73 Å². The Bertz CT molecular complexity index is 722. The molecule has 0 bridgehead atoms. The van der Waals surface area contributed by atoms with E-state index >= 15 is 0 Å². The summed E-state index contributed by atoms with van der Waals surface area (Å²) in [5, 5.41) is 9.04.